The lowest BCUT2D eigenvalue weighted by atomic mass is 9.97. The van der Waals surface area contributed by atoms with Crippen LogP contribution in [0.15, 0.2) is 18.2 Å². The average molecular weight is 271 g/mol. The van der Waals surface area contributed by atoms with E-state index in [4.69, 9.17) is 11.6 Å². The standard InChI is InChI=1S/C14H20ClFN2/c1-18(9-11-2-4-17-5-3-11)10-12-6-13(15)8-14(16)7-12/h6-8,11,17H,2-5,9-10H2,1H3. The summed E-state index contributed by atoms with van der Waals surface area (Å²) in [7, 11) is 2.08. The highest BCUT2D eigenvalue weighted by Crippen LogP contribution is 2.17. The zero-order valence-corrected chi connectivity index (χ0v) is 11.5. The fraction of sp³-hybridized carbons (Fsp3) is 0.571. The van der Waals surface area contributed by atoms with Gasteiger partial charge in [-0.1, -0.05) is 11.6 Å². The molecule has 1 aromatic carbocycles. The van der Waals surface area contributed by atoms with E-state index in [1.807, 2.05) is 6.07 Å². The SMILES string of the molecule is CN(Cc1cc(F)cc(Cl)c1)CC1CCNCC1. The van der Waals surface area contributed by atoms with E-state index in [9.17, 15) is 4.39 Å². The van der Waals surface area contributed by atoms with Crippen LogP contribution in [0, 0.1) is 11.7 Å². The molecule has 100 valence electrons. The van der Waals surface area contributed by atoms with E-state index in [1.54, 1.807) is 6.07 Å². The maximum absolute atomic E-state index is 13.2. The minimum absolute atomic E-state index is 0.257. The maximum atomic E-state index is 13.2. The molecule has 0 amide bonds. The molecule has 4 heteroatoms. The van der Waals surface area contributed by atoms with Crippen molar-refractivity contribution in [3.05, 3.63) is 34.6 Å². The molecule has 0 aliphatic carbocycles. The van der Waals surface area contributed by atoms with Gasteiger partial charge in [-0.25, -0.2) is 4.39 Å². The first kappa shape index (κ1) is 13.8. The van der Waals surface area contributed by atoms with Crippen LogP contribution in [-0.4, -0.2) is 31.6 Å². The molecule has 18 heavy (non-hydrogen) atoms. The normalized spacial score (nSPS) is 17.3. The van der Waals surface area contributed by atoms with Gasteiger partial charge in [0.25, 0.3) is 0 Å². The first-order chi connectivity index (χ1) is 8.63. The summed E-state index contributed by atoms with van der Waals surface area (Å²) in [5.74, 6) is 0.494. The molecule has 1 fully saturated rings. The Balaban J connectivity index is 1.87. The van der Waals surface area contributed by atoms with Crippen molar-refractivity contribution in [2.75, 3.05) is 26.7 Å². The van der Waals surface area contributed by atoms with Gasteiger partial charge in [-0.2, -0.15) is 0 Å². The van der Waals surface area contributed by atoms with Gasteiger partial charge in [0.2, 0.25) is 0 Å². The number of hydrogen-bond donors (Lipinski definition) is 1. The predicted molar refractivity (Wildman–Crippen MR) is 73.3 cm³/mol. The molecule has 1 aliphatic rings. The van der Waals surface area contributed by atoms with E-state index in [2.05, 4.69) is 17.3 Å². The lowest BCUT2D eigenvalue weighted by Gasteiger charge is -2.27. The van der Waals surface area contributed by atoms with E-state index >= 15 is 0 Å². The Hall–Kier alpha value is -0.640. The topological polar surface area (TPSA) is 15.3 Å². The van der Waals surface area contributed by atoms with Crippen LogP contribution in [0.4, 0.5) is 4.39 Å². The molecule has 1 aromatic rings. The van der Waals surface area contributed by atoms with Crippen LogP contribution in [0.2, 0.25) is 5.02 Å². The zero-order chi connectivity index (χ0) is 13.0. The first-order valence-corrected chi connectivity index (χ1v) is 6.85. The quantitative estimate of drug-likeness (QED) is 0.905. The molecule has 1 heterocycles. The molecule has 0 atom stereocenters. The molecule has 0 bridgehead atoms. The van der Waals surface area contributed by atoms with Crippen molar-refractivity contribution in [1.82, 2.24) is 10.2 Å². The molecule has 0 aromatic heterocycles. The predicted octanol–water partition coefficient (Wildman–Crippen LogP) is 2.91. The Kier molecular flexibility index (Phi) is 4.98. The molecule has 1 saturated heterocycles. The molecule has 2 rings (SSSR count). The Morgan fingerprint density at radius 3 is 2.72 bits per heavy atom. The Morgan fingerprint density at radius 1 is 1.33 bits per heavy atom. The van der Waals surface area contributed by atoms with Crippen LogP contribution in [0.3, 0.4) is 0 Å². The Morgan fingerprint density at radius 2 is 2.06 bits per heavy atom. The molecular formula is C14H20ClFN2. The summed E-state index contributed by atoms with van der Waals surface area (Å²) < 4.78 is 13.2. The van der Waals surface area contributed by atoms with Gasteiger partial charge in [-0.15, -0.1) is 0 Å². The lowest BCUT2D eigenvalue weighted by Crippen LogP contribution is -2.34. The molecule has 1 aliphatic heterocycles. The number of nitrogens with zero attached hydrogens (tertiary/aromatic N) is 1. The minimum atomic E-state index is -0.257. The Labute approximate surface area is 113 Å². The second-order valence-corrected chi connectivity index (χ2v) is 5.60. The fourth-order valence-corrected chi connectivity index (χ4v) is 2.83. The van der Waals surface area contributed by atoms with Gasteiger partial charge >= 0.3 is 0 Å². The molecule has 0 radical (unpaired) electrons. The van der Waals surface area contributed by atoms with Gasteiger partial charge in [-0.05, 0) is 62.7 Å². The number of halogens is 2. The van der Waals surface area contributed by atoms with Crippen LogP contribution in [0.1, 0.15) is 18.4 Å². The first-order valence-electron chi connectivity index (χ1n) is 6.48. The molecular weight excluding hydrogens is 251 g/mol. The minimum Gasteiger partial charge on any atom is -0.317 e. The number of piperidine rings is 1. The second-order valence-electron chi connectivity index (χ2n) is 5.17. The van der Waals surface area contributed by atoms with Crippen LogP contribution in [0.5, 0.6) is 0 Å². The van der Waals surface area contributed by atoms with Crippen molar-refractivity contribution >= 4 is 11.6 Å². The number of hydrogen-bond acceptors (Lipinski definition) is 2. The third-order valence-electron chi connectivity index (χ3n) is 3.40. The van der Waals surface area contributed by atoms with Crippen LogP contribution in [-0.2, 0) is 6.54 Å². The van der Waals surface area contributed by atoms with Crippen molar-refractivity contribution in [2.45, 2.75) is 19.4 Å². The summed E-state index contributed by atoms with van der Waals surface area (Å²) in [6, 6.07) is 4.74. The van der Waals surface area contributed by atoms with Crippen LogP contribution >= 0.6 is 11.6 Å². The van der Waals surface area contributed by atoms with Gasteiger partial charge in [-0.3, -0.25) is 0 Å². The van der Waals surface area contributed by atoms with Crippen molar-refractivity contribution in [3.63, 3.8) is 0 Å². The molecule has 0 unspecified atom stereocenters. The highest BCUT2D eigenvalue weighted by atomic mass is 35.5. The van der Waals surface area contributed by atoms with Crippen LogP contribution in [0.25, 0.3) is 0 Å². The number of benzene rings is 1. The maximum Gasteiger partial charge on any atom is 0.125 e. The van der Waals surface area contributed by atoms with Crippen molar-refractivity contribution < 1.29 is 4.39 Å². The van der Waals surface area contributed by atoms with E-state index in [-0.39, 0.29) is 5.82 Å². The van der Waals surface area contributed by atoms with Gasteiger partial charge < -0.3 is 10.2 Å². The second kappa shape index (κ2) is 6.50. The molecule has 0 spiro atoms. The fourth-order valence-electron chi connectivity index (χ4n) is 2.58. The summed E-state index contributed by atoms with van der Waals surface area (Å²) in [6.45, 7) is 4.05. The van der Waals surface area contributed by atoms with Gasteiger partial charge in [0.15, 0.2) is 0 Å². The summed E-state index contributed by atoms with van der Waals surface area (Å²) in [4.78, 5) is 2.25. The third-order valence-corrected chi connectivity index (χ3v) is 3.62. The molecule has 0 saturated carbocycles. The monoisotopic (exact) mass is 270 g/mol. The zero-order valence-electron chi connectivity index (χ0n) is 10.8. The van der Waals surface area contributed by atoms with Gasteiger partial charge in [0, 0.05) is 18.1 Å². The summed E-state index contributed by atoms with van der Waals surface area (Å²) in [5.41, 5.74) is 0.941. The molecule has 2 nitrogen and oxygen atoms in total. The van der Waals surface area contributed by atoms with E-state index in [1.165, 1.54) is 18.9 Å². The van der Waals surface area contributed by atoms with Crippen molar-refractivity contribution in [1.29, 1.82) is 0 Å². The summed E-state index contributed by atoms with van der Waals surface area (Å²) >= 11 is 5.86. The van der Waals surface area contributed by atoms with E-state index in [0.717, 1.165) is 37.7 Å². The molecule has 1 N–H and O–H groups in total. The van der Waals surface area contributed by atoms with E-state index in [0.29, 0.717) is 5.02 Å². The Bertz CT molecular complexity index is 371. The van der Waals surface area contributed by atoms with Gasteiger partial charge in [0.1, 0.15) is 5.82 Å². The third kappa shape index (κ3) is 4.23. The van der Waals surface area contributed by atoms with Gasteiger partial charge in [0.05, 0.1) is 0 Å². The highest BCUT2D eigenvalue weighted by Gasteiger charge is 2.15. The van der Waals surface area contributed by atoms with Crippen molar-refractivity contribution in [3.8, 4) is 0 Å². The summed E-state index contributed by atoms with van der Waals surface area (Å²) in [5, 5.41) is 3.84. The number of rotatable bonds is 4. The summed E-state index contributed by atoms with van der Waals surface area (Å²) in [6.07, 6.45) is 2.46. The van der Waals surface area contributed by atoms with Crippen LogP contribution < -0.4 is 5.32 Å². The van der Waals surface area contributed by atoms with Crippen molar-refractivity contribution in [2.24, 2.45) is 5.92 Å². The lowest BCUT2D eigenvalue weighted by molar-refractivity contribution is 0.234. The highest BCUT2D eigenvalue weighted by molar-refractivity contribution is 6.30. The smallest absolute Gasteiger partial charge is 0.125 e. The van der Waals surface area contributed by atoms with E-state index < -0.39 is 0 Å². The average Bonchev–Trinajstić information content (AvgIpc) is 2.28. The number of nitrogens with one attached hydrogen (secondary N) is 1. The largest absolute Gasteiger partial charge is 0.317 e.